The van der Waals surface area contributed by atoms with Crippen LogP contribution in [0.15, 0.2) is 11.4 Å². The number of aromatic nitrogens is 2. The van der Waals surface area contributed by atoms with Crippen molar-refractivity contribution < 1.29 is 4.79 Å². The van der Waals surface area contributed by atoms with Crippen molar-refractivity contribution >= 4 is 39.2 Å². The number of amides is 1. The van der Waals surface area contributed by atoms with Gasteiger partial charge in [0.25, 0.3) is 0 Å². The fourth-order valence-electron chi connectivity index (χ4n) is 1.85. The Kier molecular flexibility index (Phi) is 4.16. The number of rotatable bonds is 5. The number of anilines is 2. The van der Waals surface area contributed by atoms with E-state index >= 15 is 0 Å². The first-order chi connectivity index (χ1) is 9.15. The molecule has 2 aromatic rings. The van der Waals surface area contributed by atoms with Crippen LogP contribution in [-0.4, -0.2) is 40.4 Å². The molecule has 0 aliphatic carbocycles. The van der Waals surface area contributed by atoms with Crippen molar-refractivity contribution in [1.82, 2.24) is 14.9 Å². The molecule has 0 aromatic carbocycles. The molecule has 0 unspecified atom stereocenters. The molecule has 102 valence electrons. The maximum absolute atomic E-state index is 11.9. The number of carbonyl (C=O) groups excluding carboxylic acids is 1. The molecule has 0 fully saturated rings. The standard InChI is InChI=1S/C12H17N5OS/c1-3-17(4-2)9(18)7-14-10-8-5-6-19-11(8)16-12(13)15-10/h5-6H,3-4,7H2,1-2H3,(H3,13,14,15,16). The van der Waals surface area contributed by atoms with Crippen LogP contribution in [0.4, 0.5) is 11.8 Å². The summed E-state index contributed by atoms with van der Waals surface area (Å²) in [7, 11) is 0. The molecule has 2 rings (SSSR count). The summed E-state index contributed by atoms with van der Waals surface area (Å²) in [6, 6.07) is 1.92. The van der Waals surface area contributed by atoms with E-state index in [0.29, 0.717) is 18.9 Å². The third-order valence-corrected chi connectivity index (χ3v) is 3.67. The molecular weight excluding hydrogens is 262 g/mol. The Hall–Kier alpha value is -1.89. The summed E-state index contributed by atoms with van der Waals surface area (Å²) in [4.78, 5) is 22.8. The highest BCUT2D eigenvalue weighted by Gasteiger charge is 2.12. The first kappa shape index (κ1) is 13.5. The van der Waals surface area contributed by atoms with Crippen molar-refractivity contribution in [2.45, 2.75) is 13.8 Å². The van der Waals surface area contributed by atoms with Crippen molar-refractivity contribution in [2.75, 3.05) is 30.7 Å². The highest BCUT2D eigenvalue weighted by molar-refractivity contribution is 7.16. The molecule has 19 heavy (non-hydrogen) atoms. The van der Waals surface area contributed by atoms with Crippen LogP contribution in [0, 0.1) is 0 Å². The van der Waals surface area contributed by atoms with E-state index in [1.807, 2.05) is 25.3 Å². The smallest absolute Gasteiger partial charge is 0.241 e. The van der Waals surface area contributed by atoms with E-state index in [9.17, 15) is 4.79 Å². The van der Waals surface area contributed by atoms with Gasteiger partial charge in [0.15, 0.2) is 0 Å². The third-order valence-electron chi connectivity index (χ3n) is 2.87. The van der Waals surface area contributed by atoms with Crippen molar-refractivity contribution in [3.05, 3.63) is 11.4 Å². The van der Waals surface area contributed by atoms with Gasteiger partial charge in [-0.1, -0.05) is 0 Å². The molecule has 3 N–H and O–H groups in total. The summed E-state index contributed by atoms with van der Waals surface area (Å²) in [6.45, 7) is 5.54. The number of hydrogen-bond acceptors (Lipinski definition) is 6. The topological polar surface area (TPSA) is 84.1 Å². The van der Waals surface area contributed by atoms with Crippen molar-refractivity contribution in [2.24, 2.45) is 0 Å². The highest BCUT2D eigenvalue weighted by Crippen LogP contribution is 2.25. The molecule has 0 atom stereocenters. The zero-order valence-corrected chi connectivity index (χ0v) is 11.8. The van der Waals surface area contributed by atoms with Crippen LogP contribution in [0.25, 0.3) is 10.2 Å². The van der Waals surface area contributed by atoms with Crippen LogP contribution in [0.3, 0.4) is 0 Å². The van der Waals surface area contributed by atoms with Crippen LogP contribution in [0.2, 0.25) is 0 Å². The zero-order valence-electron chi connectivity index (χ0n) is 11.0. The van der Waals surface area contributed by atoms with Crippen LogP contribution in [0.1, 0.15) is 13.8 Å². The summed E-state index contributed by atoms with van der Waals surface area (Å²) >= 11 is 1.50. The number of fused-ring (bicyclic) bond motifs is 1. The molecule has 0 spiro atoms. The predicted octanol–water partition coefficient (Wildman–Crippen LogP) is 1.55. The molecule has 2 aromatic heterocycles. The second-order valence-corrected chi connectivity index (χ2v) is 4.88. The quantitative estimate of drug-likeness (QED) is 0.867. The van der Waals surface area contributed by atoms with Crippen LogP contribution in [0.5, 0.6) is 0 Å². The van der Waals surface area contributed by atoms with Gasteiger partial charge < -0.3 is 16.0 Å². The van der Waals surface area contributed by atoms with E-state index < -0.39 is 0 Å². The van der Waals surface area contributed by atoms with Crippen LogP contribution < -0.4 is 11.1 Å². The number of likely N-dealkylation sites (N-methyl/N-ethyl adjacent to an activating group) is 1. The molecular formula is C12H17N5OS. The van der Waals surface area contributed by atoms with E-state index in [0.717, 1.165) is 10.2 Å². The number of hydrogen-bond donors (Lipinski definition) is 2. The van der Waals surface area contributed by atoms with Gasteiger partial charge in [-0.05, 0) is 25.3 Å². The largest absolute Gasteiger partial charge is 0.368 e. The molecule has 0 bridgehead atoms. The lowest BCUT2D eigenvalue weighted by Gasteiger charge is -2.19. The van der Waals surface area contributed by atoms with Gasteiger partial charge in [-0.2, -0.15) is 4.98 Å². The number of nitrogens with one attached hydrogen (secondary N) is 1. The Morgan fingerprint density at radius 1 is 1.42 bits per heavy atom. The number of thiophene rings is 1. The van der Waals surface area contributed by atoms with Crippen LogP contribution >= 0.6 is 11.3 Å². The average molecular weight is 279 g/mol. The Labute approximate surface area is 115 Å². The van der Waals surface area contributed by atoms with E-state index in [4.69, 9.17) is 5.73 Å². The van der Waals surface area contributed by atoms with Gasteiger partial charge in [-0.25, -0.2) is 4.98 Å². The molecule has 0 aliphatic rings. The van der Waals surface area contributed by atoms with E-state index in [2.05, 4.69) is 15.3 Å². The molecule has 0 aliphatic heterocycles. The molecule has 6 nitrogen and oxygen atoms in total. The predicted molar refractivity (Wildman–Crippen MR) is 78.2 cm³/mol. The van der Waals surface area contributed by atoms with Gasteiger partial charge in [0.05, 0.1) is 11.9 Å². The molecule has 2 heterocycles. The van der Waals surface area contributed by atoms with Gasteiger partial charge in [-0.3, -0.25) is 4.79 Å². The summed E-state index contributed by atoms with van der Waals surface area (Å²) in [5, 5.41) is 5.87. The number of carbonyl (C=O) groups is 1. The van der Waals surface area contributed by atoms with Gasteiger partial charge >= 0.3 is 0 Å². The minimum absolute atomic E-state index is 0.0468. The van der Waals surface area contributed by atoms with Crippen LogP contribution in [-0.2, 0) is 4.79 Å². The first-order valence-electron chi connectivity index (χ1n) is 6.18. The Morgan fingerprint density at radius 3 is 2.84 bits per heavy atom. The molecule has 0 saturated heterocycles. The minimum Gasteiger partial charge on any atom is -0.368 e. The molecule has 0 saturated carbocycles. The lowest BCUT2D eigenvalue weighted by Crippen LogP contribution is -2.35. The van der Waals surface area contributed by atoms with Crippen molar-refractivity contribution in [3.8, 4) is 0 Å². The third kappa shape index (κ3) is 2.93. The van der Waals surface area contributed by atoms with Gasteiger partial charge in [0.1, 0.15) is 10.6 Å². The van der Waals surface area contributed by atoms with Gasteiger partial charge in [0.2, 0.25) is 11.9 Å². The summed E-state index contributed by atoms with van der Waals surface area (Å²) in [6.07, 6.45) is 0. The average Bonchev–Trinajstić information content (AvgIpc) is 2.85. The van der Waals surface area contributed by atoms with Gasteiger partial charge in [-0.15, -0.1) is 11.3 Å². The lowest BCUT2D eigenvalue weighted by molar-refractivity contribution is -0.128. The van der Waals surface area contributed by atoms with Crippen molar-refractivity contribution in [3.63, 3.8) is 0 Å². The maximum Gasteiger partial charge on any atom is 0.241 e. The monoisotopic (exact) mass is 279 g/mol. The molecule has 1 amide bonds. The SMILES string of the molecule is CCN(CC)C(=O)CNc1nc(N)nc2sccc12. The first-order valence-corrected chi connectivity index (χ1v) is 7.06. The zero-order chi connectivity index (χ0) is 13.8. The number of nitrogens with zero attached hydrogens (tertiary/aromatic N) is 3. The Morgan fingerprint density at radius 2 is 2.16 bits per heavy atom. The number of nitrogen functional groups attached to an aromatic ring is 1. The lowest BCUT2D eigenvalue weighted by atomic mass is 10.3. The normalized spacial score (nSPS) is 10.6. The van der Waals surface area contributed by atoms with E-state index in [1.54, 1.807) is 4.90 Å². The number of nitrogens with two attached hydrogens (primary N) is 1. The second-order valence-electron chi connectivity index (χ2n) is 3.99. The maximum atomic E-state index is 11.9. The summed E-state index contributed by atoms with van der Waals surface area (Å²) in [5.74, 6) is 0.877. The Bertz CT molecular complexity index is 579. The van der Waals surface area contributed by atoms with Crippen molar-refractivity contribution in [1.29, 1.82) is 0 Å². The highest BCUT2D eigenvalue weighted by atomic mass is 32.1. The fraction of sp³-hybridized carbons (Fsp3) is 0.417. The van der Waals surface area contributed by atoms with E-state index in [1.165, 1.54) is 11.3 Å². The van der Waals surface area contributed by atoms with Gasteiger partial charge in [0, 0.05) is 13.1 Å². The van der Waals surface area contributed by atoms with E-state index in [-0.39, 0.29) is 18.4 Å². The molecule has 7 heteroatoms. The Balaban J connectivity index is 2.13. The summed E-state index contributed by atoms with van der Waals surface area (Å²) < 4.78 is 0. The minimum atomic E-state index is 0.0468. The molecule has 0 radical (unpaired) electrons. The summed E-state index contributed by atoms with van der Waals surface area (Å²) in [5.41, 5.74) is 5.65. The fourth-order valence-corrected chi connectivity index (χ4v) is 2.63. The second kappa shape index (κ2) is 5.83.